The van der Waals surface area contributed by atoms with Crippen LogP contribution in [0, 0.1) is 0 Å². The minimum Gasteiger partial charge on any atom is -0.478 e. The zero-order chi connectivity index (χ0) is 37.7. The lowest BCUT2D eigenvalue weighted by Crippen LogP contribution is -2.46. The Hall–Kier alpha value is -2.19. The molecule has 0 aliphatic carbocycles. The Bertz CT molecular complexity index is 1370. The first-order valence-corrected chi connectivity index (χ1v) is 21.2. The molecule has 4 rings (SSSR count). The maximum atomic E-state index is 12.6. The van der Waals surface area contributed by atoms with Crippen LogP contribution in [-0.4, -0.2) is 132 Å². The Morgan fingerprint density at radius 3 is 1.47 bits per heavy atom. The number of aliphatic hydroxyl groups excluding tert-OH is 1. The van der Waals surface area contributed by atoms with Crippen LogP contribution in [0.4, 0.5) is 0 Å². The van der Waals surface area contributed by atoms with Crippen LogP contribution in [0.25, 0.3) is 0 Å². The zero-order valence-corrected chi connectivity index (χ0v) is 32.8. The number of rotatable bonds is 17. The van der Waals surface area contributed by atoms with Gasteiger partial charge in [0.05, 0.1) is 32.0 Å². The average Bonchev–Trinajstić information content (AvgIpc) is 3.11. The standard InChI is InChI=1S/C17H27N2O5P.C12H16N2O2.C5H12ClO3P/c1-3-23-25(22,24-4-2)14-19-11-9-18(10-12-19)13-15-5-7-16(8-6-15)17(20)21;15-12(16)11-3-1-10(2-4-11)9-14-7-5-13-6-8-14;1-3-8-10(7,5-6)9-4-2/h5-8H,3-4,9-14H2,1-2H3,(H,20,21);1-4,13H,5-9H2,(H,15,16);3-5H2,1-2H3/p+1. The number of carboxylic acids is 2. The summed E-state index contributed by atoms with van der Waals surface area (Å²) in [7, 11) is -5.97. The largest absolute Gasteiger partial charge is 0.515 e. The third-order valence-corrected chi connectivity index (χ3v) is 12.2. The molecule has 0 radical (unpaired) electrons. The van der Waals surface area contributed by atoms with Crippen LogP contribution in [0.5, 0.6) is 0 Å². The van der Waals surface area contributed by atoms with Gasteiger partial charge in [-0.1, -0.05) is 24.3 Å². The first-order valence-electron chi connectivity index (χ1n) is 17.3. The van der Waals surface area contributed by atoms with Crippen LogP contribution in [-0.2, 0) is 40.3 Å². The summed E-state index contributed by atoms with van der Waals surface area (Å²) in [6.45, 7) is 17.9. The van der Waals surface area contributed by atoms with Crippen LogP contribution in [0.1, 0.15) is 54.7 Å². The molecule has 0 spiro atoms. The van der Waals surface area contributed by atoms with Gasteiger partial charge >= 0.3 is 27.1 Å². The molecule has 2 fully saturated rings. The summed E-state index contributed by atoms with van der Waals surface area (Å²) in [6.07, 6.45) is 0.329. The molecule has 51 heavy (non-hydrogen) atoms. The van der Waals surface area contributed by atoms with Gasteiger partial charge in [-0.3, -0.25) is 23.8 Å². The molecule has 0 atom stereocenters. The second kappa shape index (κ2) is 24.2. The number of nitrogens with one attached hydrogen (secondary N) is 1. The van der Waals surface area contributed by atoms with E-state index in [1.807, 2.05) is 38.1 Å². The third-order valence-electron chi connectivity index (χ3n) is 7.72. The highest BCUT2D eigenvalue weighted by Crippen LogP contribution is 2.49. The van der Waals surface area contributed by atoms with Crippen molar-refractivity contribution in [2.75, 3.05) is 90.7 Å². The van der Waals surface area contributed by atoms with Crippen molar-refractivity contribution in [3.05, 3.63) is 70.8 Å². The molecule has 2 saturated heterocycles. The van der Waals surface area contributed by atoms with Gasteiger partial charge in [-0.05, 0) is 63.1 Å². The van der Waals surface area contributed by atoms with Gasteiger partial charge in [0.1, 0.15) is 17.5 Å². The molecular formula is C34H56ClN4O10P2+. The Morgan fingerprint density at radius 1 is 0.686 bits per heavy atom. The van der Waals surface area contributed by atoms with E-state index in [0.29, 0.717) is 43.8 Å². The molecule has 17 heteroatoms. The molecule has 0 aromatic heterocycles. The van der Waals surface area contributed by atoms with Gasteiger partial charge in [-0.25, -0.2) is 4.79 Å². The first kappa shape index (κ1) is 45.0. The molecule has 2 aromatic rings. The lowest BCUT2D eigenvalue weighted by atomic mass is 10.1. The predicted molar refractivity (Wildman–Crippen MR) is 201 cm³/mol. The summed E-state index contributed by atoms with van der Waals surface area (Å²) in [5.74, 6) is -1.53. The fourth-order valence-electron chi connectivity index (χ4n) is 5.24. The minimum atomic E-state index is -3.04. The maximum absolute atomic E-state index is 12.6. The third kappa shape index (κ3) is 17.5. The molecule has 2 aliphatic rings. The zero-order valence-electron chi connectivity index (χ0n) is 30.2. The predicted octanol–water partition coefficient (Wildman–Crippen LogP) is 5.68. The Balaban J connectivity index is 0.000000296. The molecule has 0 bridgehead atoms. The molecule has 0 unspecified atom stereocenters. The van der Waals surface area contributed by atoms with Crippen molar-refractivity contribution in [2.24, 2.45) is 0 Å². The number of carbonyl (C=O) groups is 1. The van der Waals surface area contributed by atoms with Crippen LogP contribution < -0.4 is 5.32 Å². The van der Waals surface area contributed by atoms with Crippen LogP contribution in [0.2, 0.25) is 0 Å². The van der Waals surface area contributed by atoms with Gasteiger partial charge in [-0.15, -0.1) is 11.6 Å². The second-order valence-electron chi connectivity index (χ2n) is 11.6. The van der Waals surface area contributed by atoms with Crippen LogP contribution in [0.3, 0.4) is 0 Å². The number of alkyl halides is 1. The molecule has 4 N–H and O–H groups in total. The highest BCUT2D eigenvalue weighted by atomic mass is 35.5. The molecular weight excluding hydrogens is 722 g/mol. The van der Waals surface area contributed by atoms with Gasteiger partial charge in [0.15, 0.2) is 0 Å². The van der Waals surface area contributed by atoms with Crippen molar-refractivity contribution in [3.8, 4) is 0 Å². The Kier molecular flexibility index (Phi) is 21.3. The lowest BCUT2D eigenvalue weighted by Gasteiger charge is -2.35. The van der Waals surface area contributed by atoms with Gasteiger partial charge < -0.3 is 38.4 Å². The SMILES string of the molecule is CCOP(=O)(CCl)OCC.CCOP(=O)(CN1CCN(Cc2ccc(C(=O)O)cc2)CC1)OCC.OC(=[OH+])c1ccc(CN2CCNCC2)cc1. The number of hydrogen-bond donors (Lipinski definition) is 3. The van der Waals surface area contributed by atoms with Crippen molar-refractivity contribution in [2.45, 2.75) is 40.8 Å². The van der Waals surface area contributed by atoms with Crippen LogP contribution in [0.15, 0.2) is 48.5 Å². The van der Waals surface area contributed by atoms with Gasteiger partial charge in [0, 0.05) is 65.4 Å². The lowest BCUT2D eigenvalue weighted by molar-refractivity contribution is 0.0696. The van der Waals surface area contributed by atoms with E-state index in [2.05, 4.69) is 20.0 Å². The quantitative estimate of drug-likeness (QED) is 0.102. The van der Waals surface area contributed by atoms with E-state index in [1.165, 1.54) is 5.56 Å². The second-order valence-corrected chi connectivity index (χ2v) is 16.3. The number of halogens is 1. The number of aromatic carboxylic acids is 2. The van der Waals surface area contributed by atoms with Gasteiger partial charge in [0.2, 0.25) is 0 Å². The van der Waals surface area contributed by atoms with E-state index in [9.17, 15) is 13.9 Å². The van der Waals surface area contributed by atoms with Crippen molar-refractivity contribution >= 4 is 38.7 Å². The summed E-state index contributed by atoms with van der Waals surface area (Å²) in [4.78, 5) is 26.6. The molecule has 2 heterocycles. The van der Waals surface area contributed by atoms with Gasteiger partial charge in [0.25, 0.3) is 0 Å². The number of nitrogens with zero attached hydrogens (tertiary/aromatic N) is 3. The summed E-state index contributed by atoms with van der Waals surface area (Å²) in [6, 6.07) is 14.3. The molecule has 14 nitrogen and oxygen atoms in total. The minimum absolute atomic E-state index is 0.0747. The van der Waals surface area contributed by atoms with Crippen molar-refractivity contribution in [1.82, 2.24) is 20.0 Å². The number of hydrogen-bond acceptors (Lipinski definition) is 11. The highest BCUT2D eigenvalue weighted by molar-refractivity contribution is 7.55. The highest BCUT2D eigenvalue weighted by Gasteiger charge is 2.29. The van der Waals surface area contributed by atoms with E-state index in [1.54, 1.807) is 38.1 Å². The number of benzene rings is 2. The molecule has 0 saturated carbocycles. The fourth-order valence-corrected chi connectivity index (χ4v) is 8.45. The summed E-state index contributed by atoms with van der Waals surface area (Å²) in [5.41, 5.74) is 2.98. The topological polar surface area (TPSA) is 172 Å². The van der Waals surface area contributed by atoms with Gasteiger partial charge in [-0.2, -0.15) is 0 Å². The normalized spacial score (nSPS) is 16.0. The summed E-state index contributed by atoms with van der Waals surface area (Å²) >= 11 is 5.35. The number of piperazine rings is 2. The van der Waals surface area contributed by atoms with Crippen molar-refractivity contribution in [3.63, 3.8) is 0 Å². The summed E-state index contributed by atoms with van der Waals surface area (Å²) in [5, 5.41) is 21.1. The van der Waals surface area contributed by atoms with E-state index < -0.39 is 27.1 Å². The maximum Gasteiger partial charge on any atom is 0.515 e. The van der Waals surface area contributed by atoms with Crippen molar-refractivity contribution < 1.29 is 47.0 Å². The van der Waals surface area contributed by atoms with E-state index in [4.69, 9.17) is 44.7 Å². The fraction of sp³-hybridized carbons (Fsp3) is 0.588. The molecule has 0 amide bonds. The van der Waals surface area contributed by atoms with Crippen molar-refractivity contribution in [1.29, 1.82) is 0 Å². The molecule has 288 valence electrons. The van der Waals surface area contributed by atoms with E-state index in [0.717, 1.165) is 71.0 Å². The Labute approximate surface area is 307 Å². The monoisotopic (exact) mass is 777 g/mol. The van der Waals surface area contributed by atoms with Crippen LogP contribution >= 0.6 is 26.8 Å². The van der Waals surface area contributed by atoms with E-state index >= 15 is 0 Å². The average molecular weight is 778 g/mol. The molecule has 2 aromatic carbocycles. The number of carboxylic acid groups (broad SMARTS) is 2. The summed E-state index contributed by atoms with van der Waals surface area (Å²) < 4.78 is 44.2. The molecule has 2 aliphatic heterocycles. The Morgan fingerprint density at radius 2 is 1.08 bits per heavy atom. The first-order chi connectivity index (χ1) is 24.4. The smallest absolute Gasteiger partial charge is 0.478 e. The van der Waals surface area contributed by atoms with E-state index in [-0.39, 0.29) is 5.62 Å².